The Morgan fingerprint density at radius 3 is 0.897 bits per heavy atom. The quantitative estimate of drug-likeness (QED) is 0.0262. The second-order valence-corrected chi connectivity index (χ2v) is 19.5. The van der Waals surface area contributed by atoms with Crippen LogP contribution in [-0.4, -0.2) is 37.2 Å². The summed E-state index contributed by atoms with van der Waals surface area (Å²) in [6.45, 7) is 6.56. The van der Waals surface area contributed by atoms with Gasteiger partial charge >= 0.3 is 17.9 Å². The molecule has 0 N–H and O–H groups in total. The van der Waals surface area contributed by atoms with Crippen LogP contribution in [0.5, 0.6) is 0 Å². The highest BCUT2D eigenvalue weighted by molar-refractivity contribution is 5.71. The number of carbonyl (C=O) groups is 3. The van der Waals surface area contributed by atoms with E-state index in [-0.39, 0.29) is 31.1 Å². The number of unbranched alkanes of at least 4 members (excludes halogenated alkanes) is 32. The lowest BCUT2D eigenvalue weighted by atomic mass is 10.1. The minimum Gasteiger partial charge on any atom is -0.462 e. The Kier molecular flexibility index (Phi) is 54.3. The first-order chi connectivity index (χ1) is 33.5. The smallest absolute Gasteiger partial charge is 0.306 e. The minimum absolute atomic E-state index is 0.0847. The van der Waals surface area contributed by atoms with Crippen LogP contribution >= 0.6 is 0 Å². The molecular formula is C62H110O6. The zero-order valence-electron chi connectivity index (χ0n) is 45.1. The van der Waals surface area contributed by atoms with E-state index in [4.69, 9.17) is 14.2 Å². The molecule has 0 aliphatic heterocycles. The highest BCUT2D eigenvalue weighted by Crippen LogP contribution is 2.15. The molecule has 0 aliphatic rings. The van der Waals surface area contributed by atoms with Gasteiger partial charge in [-0.2, -0.15) is 0 Å². The fraction of sp³-hybridized carbons (Fsp3) is 0.790. The molecule has 394 valence electrons. The summed E-state index contributed by atoms with van der Waals surface area (Å²) in [5.41, 5.74) is 0. The lowest BCUT2D eigenvalue weighted by molar-refractivity contribution is -0.167. The zero-order valence-corrected chi connectivity index (χ0v) is 45.1. The average molecular weight is 952 g/mol. The summed E-state index contributed by atoms with van der Waals surface area (Å²) in [6.07, 6.45) is 70.7. The fourth-order valence-corrected chi connectivity index (χ4v) is 8.27. The number of ether oxygens (including phenoxy) is 3. The van der Waals surface area contributed by atoms with Gasteiger partial charge in [-0.1, -0.05) is 236 Å². The zero-order chi connectivity index (χ0) is 49.3. The predicted octanol–water partition coefficient (Wildman–Crippen LogP) is 19.6. The van der Waals surface area contributed by atoms with Gasteiger partial charge in [-0.25, -0.2) is 0 Å². The molecule has 0 bridgehead atoms. The molecule has 0 aromatic heterocycles. The lowest BCUT2D eigenvalue weighted by Crippen LogP contribution is -2.30. The van der Waals surface area contributed by atoms with Crippen LogP contribution in [0.1, 0.15) is 297 Å². The molecular weight excluding hydrogens is 841 g/mol. The van der Waals surface area contributed by atoms with Crippen LogP contribution in [0, 0.1) is 0 Å². The summed E-state index contributed by atoms with van der Waals surface area (Å²) in [4.78, 5) is 38.1. The van der Waals surface area contributed by atoms with Gasteiger partial charge in [-0.15, -0.1) is 0 Å². The summed E-state index contributed by atoms with van der Waals surface area (Å²) in [7, 11) is 0. The molecule has 68 heavy (non-hydrogen) atoms. The molecule has 6 nitrogen and oxygen atoms in total. The molecule has 6 heteroatoms. The molecule has 0 aromatic carbocycles. The van der Waals surface area contributed by atoms with E-state index in [1.54, 1.807) is 0 Å². The Bertz CT molecular complexity index is 1230. The predicted molar refractivity (Wildman–Crippen MR) is 293 cm³/mol. The van der Waals surface area contributed by atoms with Gasteiger partial charge in [0.15, 0.2) is 6.10 Å². The third-order valence-electron chi connectivity index (χ3n) is 12.7. The number of esters is 3. The Morgan fingerprint density at radius 1 is 0.294 bits per heavy atom. The SMILES string of the molecule is CCC/C=C\C/C=C\CCCCCCCC(=O)OCC(COC(=O)CCCCCCCCCCC/C=C\CCCCCCCCCC)OC(=O)CCCCCCC/C=C\C/C=C\CCCCCC. The summed E-state index contributed by atoms with van der Waals surface area (Å²) < 4.78 is 16.8. The van der Waals surface area contributed by atoms with Gasteiger partial charge in [0.2, 0.25) is 0 Å². The minimum atomic E-state index is -0.788. The van der Waals surface area contributed by atoms with Crippen molar-refractivity contribution in [3.63, 3.8) is 0 Å². The lowest BCUT2D eigenvalue weighted by Gasteiger charge is -2.18. The maximum atomic E-state index is 12.8. The summed E-state index contributed by atoms with van der Waals surface area (Å²) in [5.74, 6) is -0.905. The van der Waals surface area contributed by atoms with Gasteiger partial charge in [0, 0.05) is 19.3 Å². The molecule has 1 unspecified atom stereocenters. The Morgan fingerprint density at radius 2 is 0.559 bits per heavy atom. The van der Waals surface area contributed by atoms with Crippen LogP contribution in [0.2, 0.25) is 0 Å². The molecule has 0 rings (SSSR count). The number of carbonyl (C=O) groups excluding carboxylic acids is 3. The van der Waals surface area contributed by atoms with Crippen molar-refractivity contribution < 1.29 is 28.6 Å². The van der Waals surface area contributed by atoms with Gasteiger partial charge in [0.1, 0.15) is 13.2 Å². The highest BCUT2D eigenvalue weighted by Gasteiger charge is 2.19. The molecule has 0 radical (unpaired) electrons. The van der Waals surface area contributed by atoms with Crippen molar-refractivity contribution in [3.8, 4) is 0 Å². The standard InChI is InChI=1S/C62H110O6/c1-4-7-10-13-16-19-22-25-27-29-30-31-32-33-35-37-40-43-46-49-52-55-61(64)67-58-59(57-66-60(63)54-51-48-45-42-39-36-24-21-18-15-12-9-6-3)68-62(65)56-53-50-47-44-41-38-34-28-26-23-20-17-14-11-8-5-2/h12,15,20-21,23-24,28-30,34,59H,4-11,13-14,16-19,22,25-27,31-33,35-58H2,1-3H3/b15-12-,23-20-,24-21-,30-29-,34-28-. The van der Waals surface area contributed by atoms with Crippen molar-refractivity contribution in [2.24, 2.45) is 0 Å². The first-order valence-corrected chi connectivity index (χ1v) is 29.3. The van der Waals surface area contributed by atoms with Crippen molar-refractivity contribution >= 4 is 17.9 Å². The van der Waals surface area contributed by atoms with Gasteiger partial charge in [0.25, 0.3) is 0 Å². The number of allylic oxidation sites excluding steroid dienone is 10. The van der Waals surface area contributed by atoms with E-state index in [0.29, 0.717) is 19.3 Å². The van der Waals surface area contributed by atoms with E-state index in [2.05, 4.69) is 81.5 Å². The fourth-order valence-electron chi connectivity index (χ4n) is 8.27. The number of hydrogen-bond acceptors (Lipinski definition) is 6. The largest absolute Gasteiger partial charge is 0.462 e. The molecule has 0 amide bonds. The molecule has 0 aliphatic carbocycles. The van der Waals surface area contributed by atoms with Crippen molar-refractivity contribution in [1.82, 2.24) is 0 Å². The van der Waals surface area contributed by atoms with E-state index < -0.39 is 6.10 Å². The van der Waals surface area contributed by atoms with Crippen LogP contribution < -0.4 is 0 Å². The molecule has 0 saturated carbocycles. The highest BCUT2D eigenvalue weighted by atomic mass is 16.6. The monoisotopic (exact) mass is 951 g/mol. The molecule has 1 atom stereocenters. The summed E-state index contributed by atoms with van der Waals surface area (Å²) in [5, 5.41) is 0. The number of rotatable bonds is 53. The van der Waals surface area contributed by atoms with E-state index in [1.807, 2.05) is 0 Å². The van der Waals surface area contributed by atoms with Gasteiger partial charge < -0.3 is 14.2 Å². The average Bonchev–Trinajstić information content (AvgIpc) is 3.34. The first-order valence-electron chi connectivity index (χ1n) is 29.3. The normalized spacial score (nSPS) is 12.5. The maximum Gasteiger partial charge on any atom is 0.306 e. The van der Waals surface area contributed by atoms with Crippen LogP contribution in [0.3, 0.4) is 0 Å². The second kappa shape index (κ2) is 56.7. The summed E-state index contributed by atoms with van der Waals surface area (Å²) in [6, 6.07) is 0. The topological polar surface area (TPSA) is 78.9 Å². The van der Waals surface area contributed by atoms with Crippen molar-refractivity contribution in [2.75, 3.05) is 13.2 Å². The number of hydrogen-bond donors (Lipinski definition) is 0. The van der Waals surface area contributed by atoms with Gasteiger partial charge in [-0.05, 0) is 103 Å². The van der Waals surface area contributed by atoms with Crippen LogP contribution in [0.15, 0.2) is 60.8 Å². The van der Waals surface area contributed by atoms with E-state index in [0.717, 1.165) is 109 Å². The Labute approximate surface area is 421 Å². The summed E-state index contributed by atoms with van der Waals surface area (Å²) >= 11 is 0. The van der Waals surface area contributed by atoms with Crippen molar-refractivity contribution in [3.05, 3.63) is 60.8 Å². The second-order valence-electron chi connectivity index (χ2n) is 19.5. The van der Waals surface area contributed by atoms with Crippen molar-refractivity contribution in [2.45, 2.75) is 303 Å². The molecule has 0 spiro atoms. The van der Waals surface area contributed by atoms with Gasteiger partial charge in [0.05, 0.1) is 0 Å². The molecule has 0 saturated heterocycles. The Balaban J connectivity index is 4.35. The first kappa shape index (κ1) is 65.1. The van der Waals surface area contributed by atoms with Crippen LogP contribution in [0.4, 0.5) is 0 Å². The van der Waals surface area contributed by atoms with E-state index in [1.165, 1.54) is 148 Å². The van der Waals surface area contributed by atoms with Crippen LogP contribution in [-0.2, 0) is 28.6 Å². The van der Waals surface area contributed by atoms with Crippen molar-refractivity contribution in [1.29, 1.82) is 0 Å². The third-order valence-corrected chi connectivity index (χ3v) is 12.7. The Hall–Kier alpha value is -2.89. The van der Waals surface area contributed by atoms with E-state index in [9.17, 15) is 14.4 Å². The van der Waals surface area contributed by atoms with Gasteiger partial charge in [-0.3, -0.25) is 14.4 Å². The maximum absolute atomic E-state index is 12.8. The molecule has 0 fully saturated rings. The van der Waals surface area contributed by atoms with E-state index >= 15 is 0 Å². The molecule has 0 aromatic rings. The third kappa shape index (κ3) is 54.1. The van der Waals surface area contributed by atoms with Crippen LogP contribution in [0.25, 0.3) is 0 Å². The molecule has 0 heterocycles.